The maximum absolute atomic E-state index is 5.59. The van der Waals surface area contributed by atoms with Crippen molar-refractivity contribution in [1.29, 1.82) is 0 Å². The van der Waals surface area contributed by atoms with Crippen LogP contribution in [0.25, 0.3) is 0 Å². The van der Waals surface area contributed by atoms with Crippen molar-refractivity contribution in [2.45, 2.75) is 6.42 Å². The monoisotopic (exact) mass is 270 g/mol. The summed E-state index contributed by atoms with van der Waals surface area (Å²) in [6.45, 7) is 5.59. The third kappa shape index (κ3) is 3.72. The van der Waals surface area contributed by atoms with Gasteiger partial charge >= 0.3 is 0 Å². The van der Waals surface area contributed by atoms with Crippen LogP contribution in [0.3, 0.4) is 0 Å². The fourth-order valence-corrected chi connectivity index (χ4v) is 1.33. The van der Waals surface area contributed by atoms with E-state index in [1.54, 1.807) is 6.07 Å². The molecule has 0 N–H and O–H groups in total. The summed E-state index contributed by atoms with van der Waals surface area (Å²) in [6.07, 6.45) is 0.784. The van der Waals surface area contributed by atoms with E-state index >= 15 is 0 Å². The SMILES string of the molecule is [CH]c1cccc(Cc2[c-]cccc2)n1.[Zr]. The molecular weight excluding hydrogens is 261 g/mol. The van der Waals surface area contributed by atoms with Crippen molar-refractivity contribution in [3.8, 4) is 0 Å². The molecule has 1 aromatic heterocycles. The third-order valence-corrected chi connectivity index (χ3v) is 1.97. The van der Waals surface area contributed by atoms with Gasteiger partial charge in [0.2, 0.25) is 0 Å². The Bertz CT molecular complexity index is 412. The van der Waals surface area contributed by atoms with E-state index in [1.807, 2.05) is 36.4 Å². The van der Waals surface area contributed by atoms with Crippen molar-refractivity contribution in [3.05, 3.63) is 72.4 Å². The zero-order chi connectivity index (χ0) is 9.80. The summed E-state index contributed by atoms with van der Waals surface area (Å²) >= 11 is 0. The molecule has 2 radical (unpaired) electrons. The van der Waals surface area contributed by atoms with E-state index in [9.17, 15) is 0 Å². The summed E-state index contributed by atoms with van der Waals surface area (Å²) in [5.74, 6) is 0. The second-order valence-corrected chi connectivity index (χ2v) is 3.12. The molecule has 1 aromatic carbocycles. The van der Waals surface area contributed by atoms with Crippen LogP contribution in [0, 0.1) is 13.0 Å². The molecule has 0 aliphatic carbocycles. The van der Waals surface area contributed by atoms with E-state index < -0.39 is 0 Å². The van der Waals surface area contributed by atoms with Gasteiger partial charge in [0, 0.05) is 44.5 Å². The summed E-state index contributed by atoms with van der Waals surface area (Å²) in [4.78, 5) is 4.23. The van der Waals surface area contributed by atoms with Crippen LogP contribution < -0.4 is 0 Å². The number of rotatable bonds is 2. The first-order chi connectivity index (χ1) is 6.84. The summed E-state index contributed by atoms with van der Waals surface area (Å²) in [7, 11) is 0. The Hall–Kier alpha value is -0.747. The molecule has 15 heavy (non-hydrogen) atoms. The van der Waals surface area contributed by atoms with Crippen molar-refractivity contribution in [2.24, 2.45) is 0 Å². The smallest absolute Gasteiger partial charge is 0.0451 e. The molecule has 0 saturated carbocycles. The normalized spacial score (nSPS) is 9.40. The van der Waals surface area contributed by atoms with E-state index in [-0.39, 0.29) is 26.2 Å². The molecule has 2 rings (SSSR count). The first kappa shape index (κ1) is 12.3. The Balaban J connectivity index is 0.00000112. The average molecular weight is 271 g/mol. The minimum Gasteiger partial charge on any atom is -0.257 e. The van der Waals surface area contributed by atoms with E-state index in [0.29, 0.717) is 5.69 Å². The van der Waals surface area contributed by atoms with Crippen LogP contribution in [0.2, 0.25) is 0 Å². The molecule has 72 valence electrons. The first-order valence-electron chi connectivity index (χ1n) is 4.51. The third-order valence-electron chi connectivity index (χ3n) is 1.97. The summed E-state index contributed by atoms with van der Waals surface area (Å²) < 4.78 is 0. The van der Waals surface area contributed by atoms with Crippen molar-refractivity contribution >= 4 is 0 Å². The molecule has 0 spiro atoms. The largest absolute Gasteiger partial charge is 0.257 e. The molecule has 0 fully saturated rings. The van der Waals surface area contributed by atoms with Gasteiger partial charge in [-0.15, -0.1) is 0 Å². The predicted octanol–water partition coefficient (Wildman–Crippen LogP) is 2.53. The minimum atomic E-state index is 0. The zero-order valence-electron chi connectivity index (χ0n) is 8.27. The number of pyridine rings is 1. The zero-order valence-corrected chi connectivity index (χ0v) is 10.7. The predicted molar refractivity (Wildman–Crippen MR) is 55.7 cm³/mol. The Morgan fingerprint density at radius 1 is 1.13 bits per heavy atom. The summed E-state index contributed by atoms with van der Waals surface area (Å²) in [5, 5.41) is 0. The molecule has 0 saturated heterocycles. The van der Waals surface area contributed by atoms with Gasteiger partial charge in [-0.2, -0.15) is 35.9 Å². The molecule has 0 atom stereocenters. The Morgan fingerprint density at radius 3 is 2.67 bits per heavy atom. The molecule has 0 aliphatic rings. The van der Waals surface area contributed by atoms with Crippen molar-refractivity contribution in [2.75, 3.05) is 0 Å². The van der Waals surface area contributed by atoms with Crippen molar-refractivity contribution in [1.82, 2.24) is 4.98 Å². The average Bonchev–Trinajstić information content (AvgIpc) is 2.19. The number of hydrogen-bond donors (Lipinski definition) is 0. The standard InChI is InChI=1S/C13H10N.Zr/c1-11-6-5-9-13(14-11)10-12-7-3-2-4-8-12;/h1-7,9H,10H2;/q-1;. The summed E-state index contributed by atoms with van der Waals surface area (Å²) in [6, 6.07) is 16.7. The van der Waals surface area contributed by atoms with Gasteiger partial charge in [0.1, 0.15) is 0 Å². The van der Waals surface area contributed by atoms with E-state index in [0.717, 1.165) is 17.7 Å². The van der Waals surface area contributed by atoms with E-state index in [2.05, 4.69) is 11.1 Å². The Morgan fingerprint density at radius 2 is 2.00 bits per heavy atom. The molecule has 2 aromatic rings. The maximum atomic E-state index is 5.59. The number of nitrogens with zero attached hydrogens (tertiary/aromatic N) is 1. The van der Waals surface area contributed by atoms with Gasteiger partial charge in [-0.1, -0.05) is 6.07 Å². The molecule has 2 heteroatoms. The van der Waals surface area contributed by atoms with Crippen LogP contribution in [0.15, 0.2) is 42.5 Å². The Kier molecular flexibility index (Phi) is 4.91. The fraction of sp³-hybridized carbons (Fsp3) is 0.0769. The second kappa shape index (κ2) is 5.97. The van der Waals surface area contributed by atoms with Gasteiger partial charge < -0.3 is 0 Å². The van der Waals surface area contributed by atoms with Crippen LogP contribution in [-0.2, 0) is 32.6 Å². The van der Waals surface area contributed by atoms with E-state index in [1.165, 1.54) is 0 Å². The maximum Gasteiger partial charge on any atom is 0.0451 e. The molecule has 1 heterocycles. The van der Waals surface area contributed by atoms with Gasteiger partial charge in [-0.25, -0.2) is 0 Å². The molecule has 0 unspecified atom stereocenters. The molecule has 1 nitrogen and oxygen atoms in total. The Labute approximate surface area is 110 Å². The van der Waals surface area contributed by atoms with Crippen LogP contribution in [0.4, 0.5) is 0 Å². The van der Waals surface area contributed by atoms with Crippen LogP contribution in [0.5, 0.6) is 0 Å². The molecule has 0 bridgehead atoms. The first-order valence-corrected chi connectivity index (χ1v) is 4.51. The van der Waals surface area contributed by atoms with Crippen LogP contribution >= 0.6 is 0 Å². The van der Waals surface area contributed by atoms with Gasteiger partial charge in [-0.3, -0.25) is 4.98 Å². The van der Waals surface area contributed by atoms with Crippen LogP contribution in [-0.4, -0.2) is 4.98 Å². The van der Waals surface area contributed by atoms with Gasteiger partial charge in [-0.05, 0) is 18.6 Å². The van der Waals surface area contributed by atoms with Gasteiger partial charge in [0.05, 0.1) is 0 Å². The second-order valence-electron chi connectivity index (χ2n) is 3.12. The number of hydrogen-bond acceptors (Lipinski definition) is 1. The number of aromatic nitrogens is 1. The van der Waals surface area contributed by atoms with Crippen molar-refractivity contribution in [3.63, 3.8) is 0 Å². The van der Waals surface area contributed by atoms with Crippen LogP contribution in [0.1, 0.15) is 17.0 Å². The van der Waals surface area contributed by atoms with Crippen molar-refractivity contribution < 1.29 is 26.2 Å². The van der Waals surface area contributed by atoms with Gasteiger partial charge in [0.15, 0.2) is 0 Å². The summed E-state index contributed by atoms with van der Waals surface area (Å²) in [5.41, 5.74) is 2.68. The quantitative estimate of drug-likeness (QED) is 0.765. The minimum absolute atomic E-state index is 0. The topological polar surface area (TPSA) is 12.9 Å². The fourth-order valence-electron chi connectivity index (χ4n) is 1.33. The molecule has 0 amide bonds. The molecular formula is C13H10NZr-. The van der Waals surface area contributed by atoms with E-state index in [4.69, 9.17) is 6.92 Å². The van der Waals surface area contributed by atoms with Gasteiger partial charge in [0.25, 0.3) is 0 Å². The molecule has 0 aliphatic heterocycles. The number of benzene rings is 1.